The van der Waals surface area contributed by atoms with E-state index in [-0.39, 0.29) is 11.6 Å². The van der Waals surface area contributed by atoms with E-state index >= 15 is 0 Å². The Morgan fingerprint density at radius 3 is 2.67 bits per heavy atom. The summed E-state index contributed by atoms with van der Waals surface area (Å²) in [6.45, 7) is 3.10. The van der Waals surface area contributed by atoms with E-state index in [9.17, 15) is 9.18 Å². The largest absolute Gasteiger partial charge is 0.347 e. The molecule has 124 valence electrons. The Morgan fingerprint density at radius 2 is 1.88 bits per heavy atom. The topological polar surface area (TPSA) is 22.0 Å². The molecule has 2 nitrogen and oxygen atoms in total. The van der Waals surface area contributed by atoms with Crippen LogP contribution in [0.4, 0.5) is 4.39 Å². The van der Waals surface area contributed by atoms with Crippen LogP contribution in [0.3, 0.4) is 0 Å². The van der Waals surface area contributed by atoms with Crippen LogP contribution in [0, 0.1) is 5.82 Å². The number of aromatic nitrogens is 1. The first kappa shape index (κ1) is 16.4. The molecule has 0 saturated carbocycles. The molecular weight excluding hydrogens is 301 g/mol. The smallest absolute Gasteiger partial charge is 0.195 e. The van der Waals surface area contributed by atoms with Crippen molar-refractivity contribution >= 4 is 16.7 Å². The lowest BCUT2D eigenvalue weighted by molar-refractivity contribution is 0.103. The second kappa shape index (κ2) is 7.43. The van der Waals surface area contributed by atoms with Crippen molar-refractivity contribution < 1.29 is 9.18 Å². The van der Waals surface area contributed by atoms with Gasteiger partial charge in [-0.25, -0.2) is 4.39 Å². The Hall–Kier alpha value is -2.42. The maximum Gasteiger partial charge on any atom is 0.195 e. The van der Waals surface area contributed by atoms with Crippen molar-refractivity contribution in [3.63, 3.8) is 0 Å². The molecule has 0 N–H and O–H groups in total. The zero-order valence-corrected chi connectivity index (χ0v) is 14.0. The molecule has 0 amide bonds. The van der Waals surface area contributed by atoms with Crippen LogP contribution in [0.1, 0.15) is 48.5 Å². The second-order valence-electron chi connectivity index (χ2n) is 6.15. The van der Waals surface area contributed by atoms with Gasteiger partial charge in [0.15, 0.2) is 5.78 Å². The number of fused-ring (bicyclic) bond motifs is 1. The summed E-state index contributed by atoms with van der Waals surface area (Å²) in [5, 5.41) is 0.933. The van der Waals surface area contributed by atoms with Crippen LogP contribution < -0.4 is 0 Å². The number of benzene rings is 2. The molecule has 0 spiro atoms. The summed E-state index contributed by atoms with van der Waals surface area (Å²) in [5.74, 6) is -0.512. The number of ketones is 1. The lowest BCUT2D eigenvalue weighted by atomic mass is 10.0. The van der Waals surface area contributed by atoms with Gasteiger partial charge in [-0.05, 0) is 24.6 Å². The Kier molecular flexibility index (Phi) is 5.09. The monoisotopic (exact) mass is 323 g/mol. The maximum absolute atomic E-state index is 13.4. The quantitative estimate of drug-likeness (QED) is 0.410. The number of carbonyl (C=O) groups excluding carboxylic acids is 1. The average molecular weight is 323 g/mol. The van der Waals surface area contributed by atoms with Gasteiger partial charge >= 0.3 is 0 Å². The number of para-hydroxylation sites is 1. The number of unbranched alkanes of at least 4 members (excludes halogenated alkanes) is 3. The van der Waals surface area contributed by atoms with E-state index in [0.717, 1.165) is 23.9 Å². The van der Waals surface area contributed by atoms with E-state index in [1.165, 1.54) is 31.4 Å². The summed E-state index contributed by atoms with van der Waals surface area (Å²) in [6.07, 6.45) is 6.64. The van der Waals surface area contributed by atoms with Gasteiger partial charge in [0.1, 0.15) is 5.82 Å². The molecule has 24 heavy (non-hydrogen) atoms. The molecule has 0 aliphatic heterocycles. The third-order valence-electron chi connectivity index (χ3n) is 4.37. The molecule has 0 atom stereocenters. The zero-order valence-electron chi connectivity index (χ0n) is 14.0. The molecular formula is C21H22FNO. The highest BCUT2D eigenvalue weighted by Crippen LogP contribution is 2.24. The van der Waals surface area contributed by atoms with Gasteiger partial charge in [0.25, 0.3) is 0 Å². The molecule has 0 bridgehead atoms. The van der Waals surface area contributed by atoms with Crippen molar-refractivity contribution in [1.82, 2.24) is 4.57 Å². The minimum Gasteiger partial charge on any atom is -0.347 e. The molecule has 0 unspecified atom stereocenters. The van der Waals surface area contributed by atoms with Crippen molar-refractivity contribution in [3.8, 4) is 0 Å². The van der Waals surface area contributed by atoms with Gasteiger partial charge in [-0.1, -0.05) is 56.5 Å². The maximum atomic E-state index is 13.4. The normalized spacial score (nSPS) is 11.1. The Bertz CT molecular complexity index is 850. The van der Waals surface area contributed by atoms with E-state index < -0.39 is 0 Å². The predicted molar refractivity (Wildman–Crippen MR) is 95.9 cm³/mol. The summed E-state index contributed by atoms with van der Waals surface area (Å²) in [4.78, 5) is 12.8. The van der Waals surface area contributed by atoms with Crippen LogP contribution in [0.5, 0.6) is 0 Å². The molecule has 0 aliphatic rings. The lowest BCUT2D eigenvalue weighted by Gasteiger charge is -2.04. The van der Waals surface area contributed by atoms with Crippen LogP contribution in [0.15, 0.2) is 54.7 Å². The third-order valence-corrected chi connectivity index (χ3v) is 4.37. The average Bonchev–Trinajstić information content (AvgIpc) is 2.97. The molecule has 0 aliphatic carbocycles. The Morgan fingerprint density at radius 1 is 1.04 bits per heavy atom. The highest BCUT2D eigenvalue weighted by atomic mass is 19.1. The fourth-order valence-electron chi connectivity index (χ4n) is 3.11. The number of aryl methyl sites for hydroxylation is 1. The summed E-state index contributed by atoms with van der Waals surface area (Å²) in [5.41, 5.74) is 2.10. The van der Waals surface area contributed by atoms with Crippen LogP contribution in [-0.2, 0) is 6.54 Å². The van der Waals surface area contributed by atoms with Gasteiger partial charge < -0.3 is 4.57 Å². The first-order valence-electron chi connectivity index (χ1n) is 8.59. The number of nitrogens with zero attached hydrogens (tertiary/aromatic N) is 1. The van der Waals surface area contributed by atoms with Crippen molar-refractivity contribution in [2.24, 2.45) is 0 Å². The van der Waals surface area contributed by atoms with Gasteiger partial charge in [0.05, 0.1) is 0 Å². The molecule has 0 saturated heterocycles. The van der Waals surface area contributed by atoms with Crippen molar-refractivity contribution in [2.45, 2.75) is 39.2 Å². The van der Waals surface area contributed by atoms with Crippen LogP contribution >= 0.6 is 0 Å². The molecule has 3 rings (SSSR count). The van der Waals surface area contributed by atoms with Gasteiger partial charge in [-0.15, -0.1) is 0 Å². The van der Waals surface area contributed by atoms with Gasteiger partial charge in [-0.2, -0.15) is 0 Å². The Labute approximate surface area is 141 Å². The predicted octanol–water partition coefficient (Wildman–Crippen LogP) is 5.59. The highest BCUT2D eigenvalue weighted by molar-refractivity contribution is 6.16. The van der Waals surface area contributed by atoms with Crippen LogP contribution in [-0.4, -0.2) is 10.4 Å². The second-order valence-corrected chi connectivity index (χ2v) is 6.15. The summed E-state index contributed by atoms with van der Waals surface area (Å²) in [7, 11) is 0. The SMILES string of the molecule is CCCCCCn1cc(C(=O)c2cccc(F)c2)c2ccccc21. The zero-order chi connectivity index (χ0) is 16.9. The molecule has 1 aromatic heterocycles. The van der Waals surface area contributed by atoms with Gasteiger partial charge in [-0.3, -0.25) is 4.79 Å². The number of hydrogen-bond acceptors (Lipinski definition) is 1. The van der Waals surface area contributed by atoms with E-state index in [2.05, 4.69) is 11.5 Å². The number of halogens is 1. The minimum absolute atomic E-state index is 0.127. The summed E-state index contributed by atoms with van der Waals surface area (Å²) in [6, 6.07) is 13.8. The van der Waals surface area contributed by atoms with Crippen molar-refractivity contribution in [1.29, 1.82) is 0 Å². The molecule has 1 heterocycles. The Balaban J connectivity index is 1.94. The van der Waals surface area contributed by atoms with Crippen molar-refractivity contribution in [3.05, 3.63) is 71.7 Å². The van der Waals surface area contributed by atoms with Crippen molar-refractivity contribution in [2.75, 3.05) is 0 Å². The molecule has 0 radical (unpaired) electrons. The number of hydrogen-bond donors (Lipinski definition) is 0. The van der Waals surface area contributed by atoms with Gasteiger partial charge in [0, 0.05) is 34.8 Å². The minimum atomic E-state index is -0.385. The summed E-state index contributed by atoms with van der Waals surface area (Å²) < 4.78 is 15.6. The van der Waals surface area contributed by atoms with E-state index in [4.69, 9.17) is 0 Å². The van der Waals surface area contributed by atoms with E-state index in [1.54, 1.807) is 12.1 Å². The molecule has 3 aromatic rings. The van der Waals surface area contributed by atoms with E-state index in [1.807, 2.05) is 30.5 Å². The first-order valence-corrected chi connectivity index (χ1v) is 8.59. The standard InChI is InChI=1S/C21H22FNO/c1-2-3-4-7-13-23-15-19(18-11-5-6-12-20(18)23)21(24)16-9-8-10-17(22)14-16/h5-6,8-12,14-15H,2-4,7,13H2,1H3. The highest BCUT2D eigenvalue weighted by Gasteiger charge is 2.16. The third kappa shape index (κ3) is 3.40. The van der Waals surface area contributed by atoms with Crippen LogP contribution in [0.2, 0.25) is 0 Å². The molecule has 2 aromatic carbocycles. The summed E-state index contributed by atoms with van der Waals surface area (Å²) >= 11 is 0. The van der Waals surface area contributed by atoms with Gasteiger partial charge in [0.2, 0.25) is 0 Å². The fraction of sp³-hybridized carbons (Fsp3) is 0.286. The molecule has 3 heteroatoms. The fourth-order valence-corrected chi connectivity index (χ4v) is 3.11. The van der Waals surface area contributed by atoms with Crippen LogP contribution in [0.25, 0.3) is 10.9 Å². The first-order chi connectivity index (χ1) is 11.7. The number of rotatable bonds is 7. The molecule has 0 fully saturated rings. The van der Waals surface area contributed by atoms with E-state index in [0.29, 0.717) is 11.1 Å². The lowest BCUT2D eigenvalue weighted by Crippen LogP contribution is -2.01. The number of carbonyl (C=O) groups is 1.